The highest BCUT2D eigenvalue weighted by atomic mass is 32.2. The Morgan fingerprint density at radius 3 is 2.50 bits per heavy atom. The number of aromatic nitrogens is 2. The summed E-state index contributed by atoms with van der Waals surface area (Å²) in [7, 11) is -3.30. The maximum atomic E-state index is 11.3. The Morgan fingerprint density at radius 1 is 1.15 bits per heavy atom. The molecule has 0 radical (unpaired) electrons. The van der Waals surface area contributed by atoms with Gasteiger partial charge in [0.15, 0.2) is 0 Å². The summed E-state index contributed by atoms with van der Waals surface area (Å²) in [5, 5.41) is 3.16. The Labute approximate surface area is 118 Å². The molecule has 0 saturated heterocycles. The van der Waals surface area contributed by atoms with Gasteiger partial charge in [0, 0.05) is 6.20 Å². The third-order valence-corrected chi connectivity index (χ3v) is 3.11. The molecular formula is C13H16N4O2S. The molecule has 1 heterocycles. The summed E-state index contributed by atoms with van der Waals surface area (Å²) in [5.41, 5.74) is 2.06. The first kappa shape index (κ1) is 14.3. The number of nitrogens with one attached hydrogen (secondary N) is 2. The molecule has 0 amide bonds. The monoisotopic (exact) mass is 292 g/mol. The highest BCUT2D eigenvalue weighted by Crippen LogP contribution is 2.22. The van der Waals surface area contributed by atoms with Gasteiger partial charge in [-0.15, -0.1) is 0 Å². The minimum absolute atomic E-state index is 0.492. The van der Waals surface area contributed by atoms with E-state index in [0.29, 0.717) is 23.7 Å². The topological polar surface area (TPSA) is 84.0 Å². The van der Waals surface area contributed by atoms with E-state index >= 15 is 0 Å². The van der Waals surface area contributed by atoms with Crippen molar-refractivity contribution >= 4 is 21.4 Å². The average molecular weight is 292 g/mol. The van der Waals surface area contributed by atoms with E-state index in [9.17, 15) is 8.42 Å². The van der Waals surface area contributed by atoms with Gasteiger partial charge in [-0.1, -0.05) is 12.1 Å². The fraction of sp³-hybridized carbons (Fsp3) is 0.231. The Bertz CT molecular complexity index is 701. The summed E-state index contributed by atoms with van der Waals surface area (Å²) in [6.45, 7) is 2.31. The van der Waals surface area contributed by atoms with Crippen LogP contribution in [0.15, 0.2) is 36.5 Å². The highest BCUT2D eigenvalue weighted by molar-refractivity contribution is 7.92. The molecule has 2 rings (SSSR count). The van der Waals surface area contributed by atoms with Crippen molar-refractivity contribution in [2.24, 2.45) is 0 Å². The molecule has 0 atom stereocenters. The third-order valence-electron chi connectivity index (χ3n) is 2.52. The molecule has 2 aromatic rings. The van der Waals surface area contributed by atoms with Crippen LogP contribution in [0.1, 0.15) is 11.5 Å². The van der Waals surface area contributed by atoms with Crippen LogP contribution >= 0.6 is 0 Å². The Balaban J connectivity index is 2.13. The van der Waals surface area contributed by atoms with Gasteiger partial charge in [0.25, 0.3) is 0 Å². The number of hydrogen-bond donors (Lipinski definition) is 2. The van der Waals surface area contributed by atoms with Crippen LogP contribution in [0.5, 0.6) is 0 Å². The second-order valence-corrected chi connectivity index (χ2v) is 6.12. The van der Waals surface area contributed by atoms with E-state index in [0.717, 1.165) is 11.9 Å². The molecular weight excluding hydrogens is 276 g/mol. The molecule has 0 aliphatic carbocycles. The first-order valence-corrected chi connectivity index (χ1v) is 7.92. The SMILES string of the molecule is Cc1nccc(CNc2ccccc2NS(C)(=O)=O)n1. The summed E-state index contributed by atoms with van der Waals surface area (Å²) >= 11 is 0. The molecule has 0 bridgehead atoms. The van der Waals surface area contributed by atoms with Crippen LogP contribution < -0.4 is 10.0 Å². The number of nitrogens with zero attached hydrogens (tertiary/aromatic N) is 2. The smallest absolute Gasteiger partial charge is 0.229 e. The predicted octanol–water partition coefficient (Wildman–Crippen LogP) is 1.77. The normalized spacial score (nSPS) is 11.1. The van der Waals surface area contributed by atoms with Crippen LogP contribution in [0.4, 0.5) is 11.4 Å². The number of aryl methyl sites for hydroxylation is 1. The van der Waals surface area contributed by atoms with E-state index in [4.69, 9.17) is 0 Å². The fourth-order valence-electron chi connectivity index (χ4n) is 1.72. The van der Waals surface area contributed by atoms with Gasteiger partial charge < -0.3 is 5.32 Å². The first-order valence-electron chi connectivity index (χ1n) is 6.03. The first-order chi connectivity index (χ1) is 9.44. The van der Waals surface area contributed by atoms with E-state index in [1.807, 2.05) is 25.1 Å². The molecule has 0 unspecified atom stereocenters. The van der Waals surface area contributed by atoms with Gasteiger partial charge in [-0.05, 0) is 25.1 Å². The molecule has 1 aromatic carbocycles. The van der Waals surface area contributed by atoms with E-state index in [1.165, 1.54) is 0 Å². The lowest BCUT2D eigenvalue weighted by Gasteiger charge is -2.12. The Morgan fingerprint density at radius 2 is 1.85 bits per heavy atom. The number of para-hydroxylation sites is 2. The van der Waals surface area contributed by atoms with Crippen molar-refractivity contribution in [3.63, 3.8) is 0 Å². The van der Waals surface area contributed by atoms with Gasteiger partial charge in [-0.25, -0.2) is 18.4 Å². The lowest BCUT2D eigenvalue weighted by atomic mass is 10.2. The largest absolute Gasteiger partial charge is 0.378 e. The molecule has 0 aliphatic heterocycles. The molecule has 1 aromatic heterocycles. The quantitative estimate of drug-likeness (QED) is 0.877. The highest BCUT2D eigenvalue weighted by Gasteiger charge is 2.06. The van der Waals surface area contributed by atoms with E-state index in [-0.39, 0.29) is 0 Å². The number of benzene rings is 1. The van der Waals surface area contributed by atoms with E-state index in [2.05, 4.69) is 20.0 Å². The van der Waals surface area contributed by atoms with Crippen LogP contribution in [0, 0.1) is 6.92 Å². The summed E-state index contributed by atoms with van der Waals surface area (Å²) < 4.78 is 25.1. The summed E-state index contributed by atoms with van der Waals surface area (Å²) in [4.78, 5) is 8.31. The summed E-state index contributed by atoms with van der Waals surface area (Å²) in [6, 6.07) is 8.93. The zero-order valence-corrected chi connectivity index (χ0v) is 12.1. The van der Waals surface area contributed by atoms with Crippen LogP contribution in [-0.2, 0) is 16.6 Å². The second kappa shape index (κ2) is 5.87. The van der Waals surface area contributed by atoms with E-state index in [1.54, 1.807) is 18.3 Å². The molecule has 106 valence electrons. The zero-order valence-electron chi connectivity index (χ0n) is 11.3. The summed E-state index contributed by atoms with van der Waals surface area (Å²) in [5.74, 6) is 0.701. The van der Waals surface area contributed by atoms with Crippen molar-refractivity contribution in [2.45, 2.75) is 13.5 Å². The predicted molar refractivity (Wildman–Crippen MR) is 79.0 cm³/mol. The minimum Gasteiger partial charge on any atom is -0.378 e. The van der Waals surface area contributed by atoms with Crippen LogP contribution in [-0.4, -0.2) is 24.6 Å². The zero-order chi connectivity index (χ0) is 14.6. The van der Waals surface area contributed by atoms with Gasteiger partial charge in [0.1, 0.15) is 5.82 Å². The molecule has 20 heavy (non-hydrogen) atoms. The summed E-state index contributed by atoms with van der Waals surface area (Å²) in [6.07, 6.45) is 2.82. The second-order valence-electron chi connectivity index (χ2n) is 4.37. The minimum atomic E-state index is -3.30. The molecule has 0 aliphatic rings. The van der Waals surface area contributed by atoms with Crippen molar-refractivity contribution in [1.29, 1.82) is 0 Å². The van der Waals surface area contributed by atoms with Crippen LogP contribution in [0.25, 0.3) is 0 Å². The number of hydrogen-bond acceptors (Lipinski definition) is 5. The lowest BCUT2D eigenvalue weighted by Crippen LogP contribution is -2.12. The van der Waals surface area contributed by atoms with Crippen molar-refractivity contribution in [2.75, 3.05) is 16.3 Å². The standard InChI is InChI=1S/C13H16N4O2S/c1-10-14-8-7-11(16-10)9-15-12-5-3-4-6-13(12)17-20(2,18)19/h3-8,15,17H,9H2,1-2H3. The van der Waals surface area contributed by atoms with Crippen molar-refractivity contribution < 1.29 is 8.42 Å². The Kier molecular flexibility index (Phi) is 4.19. The molecule has 6 nitrogen and oxygen atoms in total. The van der Waals surface area contributed by atoms with Gasteiger partial charge in [0.05, 0.1) is 29.9 Å². The van der Waals surface area contributed by atoms with Crippen LogP contribution in [0.3, 0.4) is 0 Å². The van der Waals surface area contributed by atoms with Gasteiger partial charge in [-0.2, -0.15) is 0 Å². The van der Waals surface area contributed by atoms with Crippen molar-refractivity contribution in [3.8, 4) is 0 Å². The maximum absolute atomic E-state index is 11.3. The van der Waals surface area contributed by atoms with Gasteiger partial charge >= 0.3 is 0 Å². The van der Waals surface area contributed by atoms with Crippen molar-refractivity contribution in [3.05, 3.63) is 48.0 Å². The van der Waals surface area contributed by atoms with E-state index < -0.39 is 10.0 Å². The molecule has 0 spiro atoms. The van der Waals surface area contributed by atoms with Crippen molar-refractivity contribution in [1.82, 2.24) is 9.97 Å². The fourth-order valence-corrected chi connectivity index (χ4v) is 2.29. The maximum Gasteiger partial charge on any atom is 0.229 e. The number of rotatable bonds is 5. The lowest BCUT2D eigenvalue weighted by molar-refractivity contribution is 0.607. The average Bonchev–Trinajstić information content (AvgIpc) is 2.36. The van der Waals surface area contributed by atoms with Gasteiger partial charge in [-0.3, -0.25) is 4.72 Å². The van der Waals surface area contributed by atoms with Gasteiger partial charge in [0.2, 0.25) is 10.0 Å². The molecule has 7 heteroatoms. The third kappa shape index (κ3) is 4.20. The molecule has 0 saturated carbocycles. The van der Waals surface area contributed by atoms with Crippen LogP contribution in [0.2, 0.25) is 0 Å². The Hall–Kier alpha value is -2.15. The number of sulfonamides is 1. The molecule has 2 N–H and O–H groups in total. The number of anilines is 2. The molecule has 0 fully saturated rings.